The summed E-state index contributed by atoms with van der Waals surface area (Å²) in [7, 11) is 1.34. The highest BCUT2D eigenvalue weighted by molar-refractivity contribution is 6.04. The predicted octanol–water partition coefficient (Wildman–Crippen LogP) is 3.07. The molecule has 1 heterocycles. The van der Waals surface area contributed by atoms with Crippen LogP contribution in [-0.4, -0.2) is 23.6 Å². The number of anilines is 1. The number of esters is 1. The highest BCUT2D eigenvalue weighted by Gasteiger charge is 2.16. The number of nitrogens with zero attached hydrogens (tertiary/aromatic N) is 1. The fourth-order valence-corrected chi connectivity index (χ4v) is 2.53. The van der Waals surface area contributed by atoms with Crippen molar-refractivity contribution < 1.29 is 14.3 Å². The van der Waals surface area contributed by atoms with Gasteiger partial charge in [-0.3, -0.25) is 4.79 Å². The van der Waals surface area contributed by atoms with Crippen molar-refractivity contribution >= 4 is 28.5 Å². The molecule has 116 valence electrons. The lowest BCUT2D eigenvalue weighted by atomic mass is 10.2. The van der Waals surface area contributed by atoms with Crippen LogP contribution in [0.4, 0.5) is 5.69 Å². The lowest BCUT2D eigenvalue weighted by Gasteiger charge is -2.07. The molecular weight excluding hydrogens is 292 g/mol. The summed E-state index contributed by atoms with van der Waals surface area (Å²) in [6, 6.07) is 16.7. The molecule has 0 aliphatic heterocycles. The molecule has 0 atom stereocenters. The maximum Gasteiger partial charge on any atom is 0.340 e. The van der Waals surface area contributed by atoms with E-state index >= 15 is 0 Å². The minimum Gasteiger partial charge on any atom is -0.465 e. The van der Waals surface area contributed by atoms with Crippen LogP contribution >= 0.6 is 0 Å². The number of aromatic nitrogens is 1. The molecule has 0 spiro atoms. The van der Waals surface area contributed by atoms with Gasteiger partial charge in [0.1, 0.15) is 6.54 Å². The molecule has 0 bridgehead atoms. The predicted molar refractivity (Wildman–Crippen MR) is 88.3 cm³/mol. The Morgan fingerprint density at radius 3 is 2.48 bits per heavy atom. The van der Waals surface area contributed by atoms with E-state index in [1.165, 1.54) is 7.11 Å². The molecule has 0 unspecified atom stereocenters. The van der Waals surface area contributed by atoms with Crippen LogP contribution in [-0.2, 0) is 16.1 Å². The summed E-state index contributed by atoms with van der Waals surface area (Å²) in [5.41, 5.74) is 2.01. The minimum atomic E-state index is -0.414. The quantitative estimate of drug-likeness (QED) is 0.754. The third-order valence-corrected chi connectivity index (χ3v) is 3.57. The van der Waals surface area contributed by atoms with Crippen molar-refractivity contribution in [3.8, 4) is 0 Å². The van der Waals surface area contributed by atoms with Gasteiger partial charge in [-0.15, -0.1) is 0 Å². The van der Waals surface area contributed by atoms with Gasteiger partial charge in [0.2, 0.25) is 5.91 Å². The second-order valence-corrected chi connectivity index (χ2v) is 5.09. The topological polar surface area (TPSA) is 60.3 Å². The number of para-hydroxylation sites is 2. The Balaban J connectivity index is 1.88. The molecule has 2 aromatic carbocycles. The molecule has 3 rings (SSSR count). The highest BCUT2D eigenvalue weighted by Crippen LogP contribution is 2.22. The van der Waals surface area contributed by atoms with E-state index in [1.54, 1.807) is 10.8 Å². The first-order valence-corrected chi connectivity index (χ1v) is 7.20. The Morgan fingerprint density at radius 1 is 1.04 bits per heavy atom. The summed E-state index contributed by atoms with van der Waals surface area (Å²) in [5, 5.41) is 3.60. The van der Waals surface area contributed by atoms with Crippen molar-refractivity contribution in [3.05, 3.63) is 66.4 Å². The van der Waals surface area contributed by atoms with Crippen molar-refractivity contribution in [2.24, 2.45) is 0 Å². The van der Waals surface area contributed by atoms with Crippen LogP contribution in [0.2, 0.25) is 0 Å². The van der Waals surface area contributed by atoms with Crippen molar-refractivity contribution in [2.45, 2.75) is 6.54 Å². The summed E-state index contributed by atoms with van der Waals surface area (Å²) in [4.78, 5) is 24.1. The number of hydrogen-bond acceptors (Lipinski definition) is 3. The van der Waals surface area contributed by atoms with Gasteiger partial charge in [0.15, 0.2) is 0 Å². The molecule has 0 radical (unpaired) electrons. The SMILES string of the molecule is COC(=O)c1cn(CC(=O)Nc2ccccc2)c2ccccc12. The van der Waals surface area contributed by atoms with Gasteiger partial charge >= 0.3 is 5.97 Å². The summed E-state index contributed by atoms with van der Waals surface area (Å²) >= 11 is 0. The van der Waals surface area contributed by atoms with E-state index in [0.29, 0.717) is 5.56 Å². The standard InChI is InChI=1S/C18H16N2O3/c1-23-18(22)15-11-20(16-10-6-5-9-14(15)16)12-17(21)19-13-7-3-2-4-8-13/h2-11H,12H2,1H3,(H,19,21). The van der Waals surface area contributed by atoms with Crippen LogP contribution in [0, 0.1) is 0 Å². The maximum atomic E-state index is 12.2. The third-order valence-electron chi connectivity index (χ3n) is 3.57. The average molecular weight is 308 g/mol. The zero-order chi connectivity index (χ0) is 16.2. The third kappa shape index (κ3) is 3.08. The zero-order valence-electron chi connectivity index (χ0n) is 12.7. The number of benzene rings is 2. The average Bonchev–Trinajstić information content (AvgIpc) is 2.94. The molecule has 0 saturated carbocycles. The van der Waals surface area contributed by atoms with Crippen LogP contribution in [0.15, 0.2) is 60.8 Å². The lowest BCUT2D eigenvalue weighted by molar-refractivity contribution is -0.116. The first-order chi connectivity index (χ1) is 11.2. The van der Waals surface area contributed by atoms with Crippen LogP contribution in [0.25, 0.3) is 10.9 Å². The number of nitrogens with one attached hydrogen (secondary N) is 1. The molecule has 0 saturated heterocycles. The summed E-state index contributed by atoms with van der Waals surface area (Å²) in [6.45, 7) is 0.117. The van der Waals surface area contributed by atoms with E-state index in [0.717, 1.165) is 16.6 Å². The smallest absolute Gasteiger partial charge is 0.340 e. The van der Waals surface area contributed by atoms with Gasteiger partial charge < -0.3 is 14.6 Å². The van der Waals surface area contributed by atoms with E-state index < -0.39 is 5.97 Å². The normalized spacial score (nSPS) is 10.5. The van der Waals surface area contributed by atoms with Crippen LogP contribution in [0.3, 0.4) is 0 Å². The molecule has 5 nitrogen and oxygen atoms in total. The molecule has 0 fully saturated rings. The Bertz CT molecular complexity index is 853. The number of hydrogen-bond donors (Lipinski definition) is 1. The number of methoxy groups -OCH3 is 1. The van der Waals surface area contributed by atoms with E-state index in [-0.39, 0.29) is 12.5 Å². The molecule has 0 aliphatic rings. The largest absolute Gasteiger partial charge is 0.465 e. The van der Waals surface area contributed by atoms with Crippen molar-refractivity contribution in [1.82, 2.24) is 4.57 Å². The molecule has 0 aliphatic carbocycles. The molecule has 3 aromatic rings. The fourth-order valence-electron chi connectivity index (χ4n) is 2.53. The number of ether oxygens (including phenoxy) is 1. The van der Waals surface area contributed by atoms with Gasteiger partial charge in [0.05, 0.1) is 12.7 Å². The molecule has 1 aromatic heterocycles. The van der Waals surface area contributed by atoms with Gasteiger partial charge in [-0.25, -0.2) is 4.79 Å². The summed E-state index contributed by atoms with van der Waals surface area (Å²) in [6.07, 6.45) is 1.65. The van der Waals surface area contributed by atoms with E-state index in [4.69, 9.17) is 4.74 Å². The van der Waals surface area contributed by atoms with Gasteiger partial charge in [-0.1, -0.05) is 36.4 Å². The molecule has 1 N–H and O–H groups in total. The zero-order valence-corrected chi connectivity index (χ0v) is 12.7. The number of carbonyl (C=O) groups is 2. The molecular formula is C18H16N2O3. The molecule has 23 heavy (non-hydrogen) atoms. The van der Waals surface area contributed by atoms with E-state index in [2.05, 4.69) is 5.32 Å². The van der Waals surface area contributed by atoms with Crippen LogP contribution in [0.1, 0.15) is 10.4 Å². The monoisotopic (exact) mass is 308 g/mol. The second kappa shape index (κ2) is 6.36. The summed E-state index contributed by atoms with van der Waals surface area (Å²) in [5.74, 6) is -0.572. The first kappa shape index (κ1) is 14.8. The molecule has 1 amide bonds. The number of fused-ring (bicyclic) bond motifs is 1. The minimum absolute atomic E-state index is 0.117. The highest BCUT2D eigenvalue weighted by atomic mass is 16.5. The Kier molecular flexibility index (Phi) is 4.10. The first-order valence-electron chi connectivity index (χ1n) is 7.20. The lowest BCUT2D eigenvalue weighted by Crippen LogP contribution is -2.18. The summed E-state index contributed by atoms with van der Waals surface area (Å²) < 4.78 is 6.56. The Labute approximate surface area is 133 Å². The van der Waals surface area contributed by atoms with Crippen LogP contribution < -0.4 is 5.32 Å². The van der Waals surface area contributed by atoms with Crippen molar-refractivity contribution in [1.29, 1.82) is 0 Å². The van der Waals surface area contributed by atoms with Gasteiger partial charge in [0, 0.05) is 22.8 Å². The molecule has 5 heteroatoms. The van der Waals surface area contributed by atoms with Crippen molar-refractivity contribution in [2.75, 3.05) is 12.4 Å². The number of carbonyl (C=O) groups excluding carboxylic acids is 2. The maximum absolute atomic E-state index is 12.2. The Hall–Kier alpha value is -3.08. The fraction of sp³-hybridized carbons (Fsp3) is 0.111. The van der Waals surface area contributed by atoms with E-state index in [9.17, 15) is 9.59 Å². The second-order valence-electron chi connectivity index (χ2n) is 5.09. The van der Waals surface area contributed by atoms with Gasteiger partial charge in [-0.05, 0) is 18.2 Å². The van der Waals surface area contributed by atoms with Crippen molar-refractivity contribution in [3.63, 3.8) is 0 Å². The van der Waals surface area contributed by atoms with Crippen LogP contribution in [0.5, 0.6) is 0 Å². The number of rotatable bonds is 4. The van der Waals surface area contributed by atoms with Gasteiger partial charge in [-0.2, -0.15) is 0 Å². The Morgan fingerprint density at radius 2 is 1.74 bits per heavy atom. The van der Waals surface area contributed by atoms with E-state index in [1.807, 2.05) is 54.6 Å². The van der Waals surface area contributed by atoms with Gasteiger partial charge in [0.25, 0.3) is 0 Å². The number of amides is 1.